The minimum Gasteiger partial charge on any atom is -0.369 e. The van der Waals surface area contributed by atoms with Crippen molar-refractivity contribution in [1.29, 1.82) is 0 Å². The number of nitrogens with one attached hydrogen (secondary N) is 1. The lowest BCUT2D eigenvalue weighted by Crippen LogP contribution is -2.38. The van der Waals surface area contributed by atoms with E-state index in [1.165, 1.54) is 15.8 Å². The first-order valence-corrected chi connectivity index (χ1v) is 6.58. The molecule has 0 bridgehead atoms. The summed E-state index contributed by atoms with van der Waals surface area (Å²) < 4.78 is 0. The van der Waals surface area contributed by atoms with Crippen LogP contribution >= 0.6 is 0 Å². The number of guanidine groups is 1. The molecule has 5 heteroatoms. The van der Waals surface area contributed by atoms with Crippen molar-refractivity contribution >= 4 is 22.8 Å². The first-order chi connectivity index (χ1) is 9.70. The zero-order valence-corrected chi connectivity index (χ0v) is 11.3. The van der Waals surface area contributed by atoms with Crippen molar-refractivity contribution in [2.75, 3.05) is 6.54 Å². The van der Waals surface area contributed by atoms with Crippen LogP contribution in [-0.4, -0.2) is 28.3 Å². The molecule has 5 nitrogen and oxygen atoms in total. The van der Waals surface area contributed by atoms with E-state index in [1.807, 2.05) is 24.4 Å². The number of nitrogens with zero attached hydrogens (tertiary/aromatic N) is 2. The number of aliphatic imine (C=N–C) groups is 1. The molecular formula is C15H16N4O. The van der Waals surface area contributed by atoms with Crippen LogP contribution in [0.2, 0.25) is 0 Å². The van der Waals surface area contributed by atoms with Gasteiger partial charge in [0.2, 0.25) is 5.96 Å². The largest absolute Gasteiger partial charge is 0.369 e. The minimum absolute atomic E-state index is 0.121. The first kappa shape index (κ1) is 12.5. The van der Waals surface area contributed by atoms with Crippen LogP contribution in [0.3, 0.4) is 0 Å². The maximum atomic E-state index is 12.0. The van der Waals surface area contributed by atoms with Gasteiger partial charge in [-0.1, -0.05) is 24.3 Å². The van der Waals surface area contributed by atoms with E-state index in [0.717, 1.165) is 11.9 Å². The van der Waals surface area contributed by atoms with Crippen molar-refractivity contribution in [3.8, 4) is 0 Å². The van der Waals surface area contributed by atoms with Gasteiger partial charge in [0.25, 0.3) is 5.91 Å². The highest BCUT2D eigenvalue weighted by Gasteiger charge is 2.27. The second-order valence-corrected chi connectivity index (χ2v) is 4.71. The van der Waals surface area contributed by atoms with E-state index < -0.39 is 0 Å². The topological polar surface area (TPSA) is 74.5 Å². The fourth-order valence-electron chi connectivity index (χ4n) is 2.45. The third-order valence-electron chi connectivity index (χ3n) is 3.53. The molecule has 0 atom stereocenters. The number of carbonyl (C=O) groups is 1. The Morgan fingerprint density at radius 3 is 2.95 bits per heavy atom. The SMILES string of the molecule is C/C=C1/N=C(N)N(CCc2c[nH]c3ccccc23)C1=O. The van der Waals surface area contributed by atoms with Gasteiger partial charge in [-0.2, -0.15) is 0 Å². The molecule has 0 spiro atoms. The Labute approximate surface area is 116 Å². The summed E-state index contributed by atoms with van der Waals surface area (Å²) in [5, 5.41) is 1.18. The second kappa shape index (κ2) is 4.85. The van der Waals surface area contributed by atoms with Crippen molar-refractivity contribution in [2.45, 2.75) is 13.3 Å². The molecule has 3 N–H and O–H groups in total. The molecule has 1 aromatic heterocycles. The van der Waals surface area contributed by atoms with Gasteiger partial charge in [0.1, 0.15) is 5.70 Å². The number of hydrogen-bond acceptors (Lipinski definition) is 3. The number of hydrogen-bond donors (Lipinski definition) is 2. The summed E-state index contributed by atoms with van der Waals surface area (Å²) in [6.45, 7) is 2.32. The van der Waals surface area contributed by atoms with E-state index in [2.05, 4.69) is 16.0 Å². The zero-order chi connectivity index (χ0) is 14.1. The molecular weight excluding hydrogens is 252 g/mol. The van der Waals surface area contributed by atoms with Crippen molar-refractivity contribution in [1.82, 2.24) is 9.88 Å². The molecule has 1 aliphatic rings. The van der Waals surface area contributed by atoms with Crippen LogP contribution in [0.25, 0.3) is 10.9 Å². The van der Waals surface area contributed by atoms with E-state index in [4.69, 9.17) is 5.73 Å². The summed E-state index contributed by atoms with van der Waals surface area (Å²) in [6.07, 6.45) is 4.40. The number of amides is 1. The van der Waals surface area contributed by atoms with Gasteiger partial charge in [-0.15, -0.1) is 0 Å². The van der Waals surface area contributed by atoms with Gasteiger partial charge >= 0.3 is 0 Å². The molecule has 102 valence electrons. The van der Waals surface area contributed by atoms with Crippen molar-refractivity contribution in [3.63, 3.8) is 0 Å². The predicted octanol–water partition coefficient (Wildman–Crippen LogP) is 1.77. The van der Waals surface area contributed by atoms with Gasteiger partial charge in [0.05, 0.1) is 0 Å². The zero-order valence-electron chi connectivity index (χ0n) is 11.3. The van der Waals surface area contributed by atoms with Gasteiger partial charge in [0.15, 0.2) is 0 Å². The lowest BCUT2D eigenvalue weighted by Gasteiger charge is -2.14. The van der Waals surface area contributed by atoms with Crippen LogP contribution in [0.5, 0.6) is 0 Å². The molecule has 0 fully saturated rings. The summed E-state index contributed by atoms with van der Waals surface area (Å²) in [5.74, 6) is 0.160. The Bertz CT molecular complexity index is 724. The molecule has 1 amide bonds. The Morgan fingerprint density at radius 2 is 2.20 bits per heavy atom. The fraction of sp³-hybridized carbons (Fsp3) is 0.200. The van der Waals surface area contributed by atoms with E-state index in [0.29, 0.717) is 12.2 Å². The Morgan fingerprint density at radius 1 is 1.40 bits per heavy atom. The molecule has 3 rings (SSSR count). The molecule has 0 unspecified atom stereocenters. The molecule has 0 radical (unpaired) electrons. The van der Waals surface area contributed by atoms with Crippen molar-refractivity contribution < 1.29 is 4.79 Å². The average Bonchev–Trinajstić information content (AvgIpc) is 2.99. The van der Waals surface area contributed by atoms with E-state index in [1.54, 1.807) is 13.0 Å². The lowest BCUT2D eigenvalue weighted by molar-refractivity contribution is -0.122. The van der Waals surface area contributed by atoms with Gasteiger partial charge in [-0.3, -0.25) is 9.69 Å². The summed E-state index contributed by atoms with van der Waals surface area (Å²) in [6, 6.07) is 8.11. The Hall–Kier alpha value is -2.56. The number of aromatic nitrogens is 1. The number of aromatic amines is 1. The average molecular weight is 268 g/mol. The molecule has 1 aliphatic heterocycles. The van der Waals surface area contributed by atoms with Gasteiger partial charge < -0.3 is 10.7 Å². The fourth-order valence-corrected chi connectivity index (χ4v) is 2.45. The third-order valence-corrected chi connectivity index (χ3v) is 3.53. The third kappa shape index (κ3) is 1.97. The highest BCUT2D eigenvalue weighted by Crippen LogP contribution is 2.19. The van der Waals surface area contributed by atoms with Crippen molar-refractivity contribution in [3.05, 3.63) is 47.8 Å². The number of fused-ring (bicyclic) bond motifs is 1. The first-order valence-electron chi connectivity index (χ1n) is 6.58. The van der Waals surface area contributed by atoms with Crippen LogP contribution in [0, 0.1) is 0 Å². The number of allylic oxidation sites excluding steroid dienone is 1. The maximum Gasteiger partial charge on any atom is 0.278 e. The van der Waals surface area contributed by atoms with E-state index in [-0.39, 0.29) is 11.9 Å². The molecule has 20 heavy (non-hydrogen) atoms. The van der Waals surface area contributed by atoms with Crippen LogP contribution in [0.15, 0.2) is 47.2 Å². The summed E-state index contributed by atoms with van der Waals surface area (Å²) in [7, 11) is 0. The number of carbonyl (C=O) groups excluding carboxylic acids is 1. The molecule has 0 saturated carbocycles. The predicted molar refractivity (Wildman–Crippen MR) is 79.1 cm³/mol. The minimum atomic E-state index is -0.121. The van der Waals surface area contributed by atoms with Crippen LogP contribution in [-0.2, 0) is 11.2 Å². The van der Waals surface area contributed by atoms with Gasteiger partial charge in [-0.05, 0) is 25.0 Å². The standard InChI is InChI=1S/C15H16N4O/c1-2-12-14(20)19(15(16)18-12)8-7-10-9-17-13-6-4-3-5-11(10)13/h2-6,9,17H,7-8H2,1H3,(H2,16,18)/b12-2+. The van der Waals surface area contributed by atoms with Gasteiger partial charge in [-0.25, -0.2) is 4.99 Å². The highest BCUT2D eigenvalue weighted by atomic mass is 16.2. The highest BCUT2D eigenvalue weighted by molar-refractivity contribution is 6.11. The quantitative estimate of drug-likeness (QED) is 0.832. The summed E-state index contributed by atoms with van der Waals surface area (Å²) in [4.78, 5) is 20.8. The molecule has 0 aliphatic carbocycles. The number of benzene rings is 1. The van der Waals surface area contributed by atoms with Crippen molar-refractivity contribution in [2.24, 2.45) is 10.7 Å². The lowest BCUT2D eigenvalue weighted by atomic mass is 10.1. The number of para-hydroxylation sites is 1. The molecule has 1 aromatic carbocycles. The smallest absolute Gasteiger partial charge is 0.278 e. The summed E-state index contributed by atoms with van der Waals surface area (Å²) in [5.41, 5.74) is 8.49. The van der Waals surface area contributed by atoms with Crippen LogP contribution in [0.1, 0.15) is 12.5 Å². The Balaban J connectivity index is 1.78. The Kier molecular flexibility index (Phi) is 3.02. The number of nitrogens with two attached hydrogens (primary N) is 1. The molecule has 0 saturated heterocycles. The second-order valence-electron chi connectivity index (χ2n) is 4.71. The molecule has 2 heterocycles. The number of rotatable bonds is 3. The number of H-pyrrole nitrogens is 1. The summed E-state index contributed by atoms with van der Waals surface area (Å²) >= 11 is 0. The maximum absolute atomic E-state index is 12.0. The van der Waals surface area contributed by atoms with E-state index >= 15 is 0 Å². The van der Waals surface area contributed by atoms with Crippen LogP contribution < -0.4 is 5.73 Å². The van der Waals surface area contributed by atoms with Crippen LogP contribution in [0.4, 0.5) is 0 Å². The monoisotopic (exact) mass is 268 g/mol. The van der Waals surface area contributed by atoms with E-state index in [9.17, 15) is 4.79 Å². The normalized spacial score (nSPS) is 17.2. The molecule has 2 aromatic rings. The van der Waals surface area contributed by atoms with Gasteiger partial charge in [0, 0.05) is 23.6 Å².